The van der Waals surface area contributed by atoms with Crippen molar-refractivity contribution in [3.05, 3.63) is 24.2 Å². The fourth-order valence-corrected chi connectivity index (χ4v) is 2.17. The van der Waals surface area contributed by atoms with E-state index in [1.807, 2.05) is 6.07 Å². The van der Waals surface area contributed by atoms with Gasteiger partial charge in [0.25, 0.3) is 5.91 Å². The van der Waals surface area contributed by atoms with Gasteiger partial charge in [0.2, 0.25) is 0 Å². The van der Waals surface area contributed by atoms with Crippen LogP contribution in [0, 0.1) is 0 Å². The zero-order valence-corrected chi connectivity index (χ0v) is 11.0. The van der Waals surface area contributed by atoms with Crippen LogP contribution in [0.5, 0.6) is 0 Å². The van der Waals surface area contributed by atoms with Gasteiger partial charge in [-0.25, -0.2) is 0 Å². The van der Waals surface area contributed by atoms with Crippen molar-refractivity contribution in [2.24, 2.45) is 0 Å². The van der Waals surface area contributed by atoms with Crippen molar-refractivity contribution < 1.29 is 13.9 Å². The Balaban J connectivity index is 0.00000162. The van der Waals surface area contributed by atoms with Crippen LogP contribution in [0.3, 0.4) is 0 Å². The van der Waals surface area contributed by atoms with Crippen molar-refractivity contribution in [2.75, 3.05) is 6.54 Å². The van der Waals surface area contributed by atoms with Gasteiger partial charge in [-0.2, -0.15) is 0 Å². The van der Waals surface area contributed by atoms with Crippen LogP contribution in [0.2, 0.25) is 0 Å². The highest BCUT2D eigenvalue weighted by molar-refractivity contribution is 6.53. The van der Waals surface area contributed by atoms with E-state index < -0.39 is 10.6 Å². The molecule has 2 heterocycles. The summed E-state index contributed by atoms with van der Waals surface area (Å²) in [5.74, 6) is 0.335. The van der Waals surface area contributed by atoms with Gasteiger partial charge in [-0.3, -0.25) is 4.79 Å². The smallest absolute Gasteiger partial charge is 0.258 e. The van der Waals surface area contributed by atoms with Gasteiger partial charge >= 0.3 is 0 Å². The molecule has 1 unspecified atom stereocenters. The quantitative estimate of drug-likeness (QED) is 0.785. The van der Waals surface area contributed by atoms with Crippen LogP contribution in [0.25, 0.3) is 0 Å². The number of nitrogens with zero attached hydrogens (tertiary/aromatic N) is 1. The number of hydrogen-bond acceptors (Lipinski definition) is 3. The molecule has 0 bridgehead atoms. The molecule has 1 amide bonds. The molecule has 1 fully saturated rings. The molecule has 4 nitrogen and oxygen atoms in total. The van der Waals surface area contributed by atoms with Crippen LogP contribution in [0.1, 0.15) is 33.1 Å². The molecule has 0 radical (unpaired) electrons. The number of carbonyl (C=O) groups excluding carboxylic acids is 1. The van der Waals surface area contributed by atoms with Crippen molar-refractivity contribution in [3.8, 4) is 0 Å². The molecule has 0 aromatic carbocycles. The predicted octanol–water partition coefficient (Wildman–Crippen LogP) is 3.36. The van der Waals surface area contributed by atoms with E-state index in [4.69, 9.17) is 32.4 Å². The number of hydrogen-bond donors (Lipinski definition) is 0. The van der Waals surface area contributed by atoms with Crippen molar-refractivity contribution in [1.82, 2.24) is 4.90 Å². The standard InChI is InChI=1S/C11H13Cl2NO3.CH4/c1-11(2)14(10(15)9(12)13)6-8(17-11)7-4-3-5-16-7;/h3-5,8-9H,6H2,1-2H3;1H4. The van der Waals surface area contributed by atoms with Crippen LogP contribution >= 0.6 is 23.2 Å². The molecule has 0 N–H and O–H groups in total. The zero-order valence-electron chi connectivity index (χ0n) is 9.52. The van der Waals surface area contributed by atoms with Gasteiger partial charge in [-0.05, 0) is 26.0 Å². The third kappa shape index (κ3) is 2.82. The summed E-state index contributed by atoms with van der Waals surface area (Å²) < 4.78 is 11.0. The van der Waals surface area contributed by atoms with Crippen molar-refractivity contribution in [2.45, 2.75) is 37.9 Å². The average molecular weight is 294 g/mol. The minimum atomic E-state index is -1.08. The Morgan fingerprint density at radius 1 is 1.56 bits per heavy atom. The van der Waals surface area contributed by atoms with Crippen LogP contribution in [-0.2, 0) is 9.53 Å². The van der Waals surface area contributed by atoms with Crippen molar-refractivity contribution >= 4 is 29.1 Å². The molecule has 1 saturated heterocycles. The second-order valence-electron chi connectivity index (χ2n) is 4.32. The Labute approximate surface area is 117 Å². The molecule has 1 aromatic rings. The Hall–Kier alpha value is -0.710. The first kappa shape index (κ1) is 15.3. The minimum absolute atomic E-state index is 0. The normalized spacial score (nSPS) is 22.1. The largest absolute Gasteiger partial charge is 0.467 e. The van der Waals surface area contributed by atoms with Gasteiger partial charge < -0.3 is 14.1 Å². The van der Waals surface area contributed by atoms with Gasteiger partial charge in [0.05, 0.1) is 12.8 Å². The highest BCUT2D eigenvalue weighted by Gasteiger charge is 2.44. The van der Waals surface area contributed by atoms with E-state index in [1.54, 1.807) is 26.2 Å². The minimum Gasteiger partial charge on any atom is -0.467 e. The van der Waals surface area contributed by atoms with Crippen LogP contribution in [0.4, 0.5) is 0 Å². The van der Waals surface area contributed by atoms with E-state index in [-0.39, 0.29) is 19.4 Å². The number of halogens is 2. The number of amides is 1. The average Bonchev–Trinajstić information content (AvgIpc) is 2.83. The highest BCUT2D eigenvalue weighted by Crippen LogP contribution is 2.36. The zero-order chi connectivity index (χ0) is 12.6. The van der Waals surface area contributed by atoms with E-state index in [9.17, 15) is 4.79 Å². The molecule has 102 valence electrons. The molecular formula is C12H17Cl2NO3. The van der Waals surface area contributed by atoms with E-state index in [2.05, 4.69) is 0 Å². The van der Waals surface area contributed by atoms with Gasteiger partial charge in [0.15, 0.2) is 4.84 Å². The Morgan fingerprint density at radius 2 is 2.22 bits per heavy atom. The topological polar surface area (TPSA) is 42.7 Å². The number of ether oxygens (including phenoxy) is 1. The Bertz CT molecular complexity index is 403. The van der Waals surface area contributed by atoms with Crippen LogP contribution in [0.15, 0.2) is 22.8 Å². The van der Waals surface area contributed by atoms with E-state index in [1.165, 1.54) is 4.90 Å². The lowest BCUT2D eigenvalue weighted by molar-refractivity contribution is -0.144. The SMILES string of the molecule is C.CC1(C)OC(c2ccco2)CN1C(=O)C(Cl)Cl. The van der Waals surface area contributed by atoms with Gasteiger partial charge in [0.1, 0.15) is 17.6 Å². The molecular weight excluding hydrogens is 277 g/mol. The molecule has 1 aliphatic rings. The van der Waals surface area contributed by atoms with Crippen LogP contribution < -0.4 is 0 Å². The molecule has 2 rings (SSSR count). The summed E-state index contributed by atoms with van der Waals surface area (Å²) >= 11 is 11.2. The summed E-state index contributed by atoms with van der Waals surface area (Å²) in [6.45, 7) is 3.98. The maximum absolute atomic E-state index is 11.8. The van der Waals surface area contributed by atoms with Crippen molar-refractivity contribution in [1.29, 1.82) is 0 Å². The summed E-state index contributed by atoms with van der Waals surface area (Å²) in [5, 5.41) is 0. The third-order valence-electron chi connectivity index (χ3n) is 2.74. The van der Waals surface area contributed by atoms with Gasteiger partial charge in [-0.15, -0.1) is 0 Å². The predicted molar refractivity (Wildman–Crippen MR) is 70.6 cm³/mol. The second kappa shape index (κ2) is 5.51. The number of rotatable bonds is 2. The monoisotopic (exact) mass is 293 g/mol. The first-order valence-electron chi connectivity index (χ1n) is 5.22. The summed E-state index contributed by atoms with van der Waals surface area (Å²) in [5.41, 5.74) is -0.740. The lowest BCUT2D eigenvalue weighted by Gasteiger charge is -2.29. The van der Waals surface area contributed by atoms with E-state index in [0.717, 1.165) is 0 Å². The molecule has 0 spiro atoms. The fraction of sp³-hybridized carbons (Fsp3) is 0.583. The number of furan rings is 1. The highest BCUT2D eigenvalue weighted by atomic mass is 35.5. The number of carbonyl (C=O) groups is 1. The third-order valence-corrected chi connectivity index (χ3v) is 3.12. The lowest BCUT2D eigenvalue weighted by Crippen LogP contribution is -2.45. The first-order valence-corrected chi connectivity index (χ1v) is 6.10. The van der Waals surface area contributed by atoms with E-state index >= 15 is 0 Å². The van der Waals surface area contributed by atoms with Crippen LogP contribution in [-0.4, -0.2) is 27.9 Å². The Morgan fingerprint density at radius 3 is 2.72 bits per heavy atom. The second-order valence-corrected chi connectivity index (χ2v) is 5.41. The molecule has 1 aliphatic heterocycles. The summed E-state index contributed by atoms with van der Waals surface area (Å²) in [6, 6.07) is 3.59. The Kier molecular flexibility index (Phi) is 4.70. The number of alkyl halides is 2. The molecule has 0 aliphatic carbocycles. The van der Waals surface area contributed by atoms with E-state index in [0.29, 0.717) is 12.3 Å². The molecule has 1 atom stereocenters. The van der Waals surface area contributed by atoms with Gasteiger partial charge in [0, 0.05) is 0 Å². The maximum atomic E-state index is 11.8. The summed E-state index contributed by atoms with van der Waals surface area (Å²) in [7, 11) is 0. The first-order chi connectivity index (χ1) is 7.92. The molecule has 0 saturated carbocycles. The molecule has 6 heteroatoms. The molecule has 18 heavy (non-hydrogen) atoms. The summed E-state index contributed by atoms with van der Waals surface area (Å²) in [4.78, 5) is 12.3. The maximum Gasteiger partial charge on any atom is 0.258 e. The van der Waals surface area contributed by atoms with Gasteiger partial charge in [-0.1, -0.05) is 30.6 Å². The lowest BCUT2D eigenvalue weighted by atomic mass is 10.2. The summed E-state index contributed by atoms with van der Waals surface area (Å²) in [6.07, 6.45) is 1.29. The fourth-order valence-electron chi connectivity index (χ4n) is 1.93. The molecule has 1 aromatic heterocycles. The van der Waals surface area contributed by atoms with Crippen molar-refractivity contribution in [3.63, 3.8) is 0 Å².